The summed E-state index contributed by atoms with van der Waals surface area (Å²) in [5.74, 6) is 0. The van der Waals surface area contributed by atoms with Crippen molar-refractivity contribution < 1.29 is 10.2 Å². The van der Waals surface area contributed by atoms with Crippen molar-refractivity contribution in [2.75, 3.05) is 45.8 Å². The molecule has 1 rings (SSSR count). The average molecular weight is 243 g/mol. The standard InChI is InChI=1S/C10H21N5O2/c1-9(16)7-14-2-4-15(5-3-14)8-10(17)6-12-13-11/h9-10,16-17H,2-8H2,1H3. The Balaban J connectivity index is 2.20. The van der Waals surface area contributed by atoms with E-state index in [1.165, 1.54) is 0 Å². The number of hydrogen-bond acceptors (Lipinski definition) is 5. The lowest BCUT2D eigenvalue weighted by molar-refractivity contribution is 0.0552. The highest BCUT2D eigenvalue weighted by atomic mass is 16.3. The molecule has 7 heteroatoms. The maximum absolute atomic E-state index is 9.58. The molecule has 0 aromatic heterocycles. The van der Waals surface area contributed by atoms with Gasteiger partial charge in [-0.25, -0.2) is 0 Å². The molecule has 7 nitrogen and oxygen atoms in total. The predicted molar refractivity (Wildman–Crippen MR) is 64.6 cm³/mol. The molecular weight excluding hydrogens is 222 g/mol. The van der Waals surface area contributed by atoms with Gasteiger partial charge in [0, 0.05) is 44.2 Å². The Morgan fingerprint density at radius 2 is 1.71 bits per heavy atom. The van der Waals surface area contributed by atoms with Gasteiger partial charge in [0.2, 0.25) is 0 Å². The number of hydrogen-bond donors (Lipinski definition) is 2. The van der Waals surface area contributed by atoms with E-state index in [-0.39, 0.29) is 12.6 Å². The van der Waals surface area contributed by atoms with E-state index in [0.717, 1.165) is 26.2 Å². The number of azide groups is 1. The number of aliphatic hydroxyl groups excluding tert-OH is 2. The zero-order valence-corrected chi connectivity index (χ0v) is 10.2. The van der Waals surface area contributed by atoms with Crippen molar-refractivity contribution in [3.05, 3.63) is 10.4 Å². The van der Waals surface area contributed by atoms with Gasteiger partial charge in [-0.15, -0.1) is 0 Å². The Kier molecular flexibility index (Phi) is 6.25. The van der Waals surface area contributed by atoms with Gasteiger partial charge in [-0.2, -0.15) is 0 Å². The molecule has 1 aliphatic rings. The van der Waals surface area contributed by atoms with Crippen LogP contribution in [0, 0.1) is 0 Å². The second-order valence-corrected chi connectivity index (χ2v) is 4.52. The summed E-state index contributed by atoms with van der Waals surface area (Å²) in [5.41, 5.74) is 8.14. The number of aliphatic hydroxyl groups is 2. The van der Waals surface area contributed by atoms with Crippen molar-refractivity contribution in [2.24, 2.45) is 5.11 Å². The van der Waals surface area contributed by atoms with Gasteiger partial charge in [0.1, 0.15) is 0 Å². The lowest BCUT2D eigenvalue weighted by Gasteiger charge is -2.35. The second-order valence-electron chi connectivity index (χ2n) is 4.52. The first kappa shape index (κ1) is 14.2. The molecule has 0 bridgehead atoms. The van der Waals surface area contributed by atoms with Crippen LogP contribution in [0.5, 0.6) is 0 Å². The normalized spacial score (nSPS) is 21.8. The third-order valence-electron chi connectivity index (χ3n) is 2.81. The van der Waals surface area contributed by atoms with E-state index in [1.54, 1.807) is 6.92 Å². The molecule has 2 unspecified atom stereocenters. The summed E-state index contributed by atoms with van der Waals surface area (Å²) in [6, 6.07) is 0. The Labute approximate surface area is 101 Å². The molecule has 17 heavy (non-hydrogen) atoms. The van der Waals surface area contributed by atoms with Crippen LogP contribution in [0.25, 0.3) is 10.4 Å². The second kappa shape index (κ2) is 7.47. The molecule has 1 aliphatic heterocycles. The minimum Gasteiger partial charge on any atom is -0.392 e. The molecule has 0 aromatic rings. The topological polar surface area (TPSA) is 95.7 Å². The minimum atomic E-state index is -0.589. The van der Waals surface area contributed by atoms with Gasteiger partial charge >= 0.3 is 0 Å². The zero-order valence-electron chi connectivity index (χ0n) is 10.2. The molecule has 0 saturated carbocycles. The smallest absolute Gasteiger partial charge is 0.0723 e. The molecule has 0 radical (unpaired) electrons. The third kappa shape index (κ3) is 5.86. The van der Waals surface area contributed by atoms with Gasteiger partial charge in [-0.1, -0.05) is 5.11 Å². The number of nitrogens with zero attached hydrogens (tertiary/aromatic N) is 5. The molecule has 1 fully saturated rings. The van der Waals surface area contributed by atoms with Crippen molar-refractivity contribution in [1.29, 1.82) is 0 Å². The maximum Gasteiger partial charge on any atom is 0.0723 e. The summed E-state index contributed by atoms with van der Waals surface area (Å²) in [7, 11) is 0. The van der Waals surface area contributed by atoms with Crippen molar-refractivity contribution in [1.82, 2.24) is 9.80 Å². The molecule has 98 valence electrons. The fourth-order valence-corrected chi connectivity index (χ4v) is 2.01. The molecular formula is C10H21N5O2. The first-order valence-corrected chi connectivity index (χ1v) is 5.93. The van der Waals surface area contributed by atoms with E-state index in [4.69, 9.17) is 5.53 Å². The van der Waals surface area contributed by atoms with Gasteiger partial charge in [0.25, 0.3) is 0 Å². The lowest BCUT2D eigenvalue weighted by atomic mass is 10.2. The number of rotatable bonds is 6. The first-order chi connectivity index (χ1) is 8.11. The summed E-state index contributed by atoms with van der Waals surface area (Å²) in [6.07, 6.45) is -0.883. The molecule has 2 N–H and O–H groups in total. The molecule has 1 heterocycles. The molecule has 0 amide bonds. The lowest BCUT2D eigenvalue weighted by Crippen LogP contribution is -2.50. The van der Waals surface area contributed by atoms with E-state index in [2.05, 4.69) is 19.8 Å². The SMILES string of the molecule is CC(O)CN1CCN(CC(O)CN=[N+]=[N-])CC1. The Hall–Kier alpha value is -0.850. The van der Waals surface area contributed by atoms with Crippen LogP contribution >= 0.6 is 0 Å². The summed E-state index contributed by atoms with van der Waals surface area (Å²) >= 11 is 0. The van der Waals surface area contributed by atoms with E-state index >= 15 is 0 Å². The van der Waals surface area contributed by atoms with Crippen LogP contribution in [0.15, 0.2) is 5.11 Å². The molecule has 2 atom stereocenters. The quantitative estimate of drug-likeness (QED) is 0.379. The van der Waals surface area contributed by atoms with Crippen LogP contribution < -0.4 is 0 Å². The Morgan fingerprint density at radius 1 is 1.18 bits per heavy atom. The van der Waals surface area contributed by atoms with E-state index < -0.39 is 6.10 Å². The molecule has 1 saturated heterocycles. The van der Waals surface area contributed by atoms with Crippen molar-refractivity contribution in [3.8, 4) is 0 Å². The predicted octanol–water partition coefficient (Wildman–Crippen LogP) is -0.344. The summed E-state index contributed by atoms with van der Waals surface area (Å²) < 4.78 is 0. The van der Waals surface area contributed by atoms with Crippen LogP contribution in [0.2, 0.25) is 0 Å². The highest BCUT2D eigenvalue weighted by Crippen LogP contribution is 2.03. The van der Waals surface area contributed by atoms with Crippen LogP contribution in [-0.4, -0.2) is 78.0 Å². The molecule has 0 spiro atoms. The maximum atomic E-state index is 9.58. The van der Waals surface area contributed by atoms with Gasteiger partial charge in [-0.3, -0.25) is 9.80 Å². The van der Waals surface area contributed by atoms with Gasteiger partial charge in [0.15, 0.2) is 0 Å². The molecule has 0 aromatic carbocycles. The Bertz CT molecular complexity index is 259. The summed E-state index contributed by atoms with van der Waals surface area (Å²) in [5, 5.41) is 22.2. The average Bonchev–Trinajstić information content (AvgIpc) is 2.28. The third-order valence-corrected chi connectivity index (χ3v) is 2.81. The minimum absolute atomic E-state index is 0.129. The van der Waals surface area contributed by atoms with E-state index in [0.29, 0.717) is 13.1 Å². The monoisotopic (exact) mass is 243 g/mol. The van der Waals surface area contributed by atoms with Crippen LogP contribution in [-0.2, 0) is 0 Å². The van der Waals surface area contributed by atoms with Crippen molar-refractivity contribution in [2.45, 2.75) is 19.1 Å². The van der Waals surface area contributed by atoms with E-state index in [1.807, 2.05) is 0 Å². The van der Waals surface area contributed by atoms with Gasteiger partial charge in [0.05, 0.1) is 18.8 Å². The van der Waals surface area contributed by atoms with Crippen molar-refractivity contribution in [3.63, 3.8) is 0 Å². The van der Waals surface area contributed by atoms with Gasteiger partial charge < -0.3 is 10.2 Å². The fourth-order valence-electron chi connectivity index (χ4n) is 2.01. The zero-order chi connectivity index (χ0) is 12.7. The highest BCUT2D eigenvalue weighted by molar-refractivity contribution is 4.75. The molecule has 0 aliphatic carbocycles. The summed E-state index contributed by atoms with van der Waals surface area (Å²) in [4.78, 5) is 6.98. The van der Waals surface area contributed by atoms with Gasteiger partial charge in [-0.05, 0) is 12.5 Å². The Morgan fingerprint density at radius 3 is 2.18 bits per heavy atom. The van der Waals surface area contributed by atoms with E-state index in [9.17, 15) is 10.2 Å². The fraction of sp³-hybridized carbons (Fsp3) is 1.00. The summed E-state index contributed by atoms with van der Waals surface area (Å²) in [6.45, 7) is 6.72. The van der Waals surface area contributed by atoms with Crippen LogP contribution in [0.3, 0.4) is 0 Å². The van der Waals surface area contributed by atoms with Crippen LogP contribution in [0.4, 0.5) is 0 Å². The first-order valence-electron chi connectivity index (χ1n) is 5.93. The number of β-amino-alcohol motifs (C(OH)–C–C–N with tert-alkyl or cyclic N) is 2. The highest BCUT2D eigenvalue weighted by Gasteiger charge is 2.19. The largest absolute Gasteiger partial charge is 0.392 e. The number of piperazine rings is 1. The van der Waals surface area contributed by atoms with Crippen LogP contribution in [0.1, 0.15) is 6.92 Å². The van der Waals surface area contributed by atoms with Crippen molar-refractivity contribution >= 4 is 0 Å².